The van der Waals surface area contributed by atoms with Crippen molar-refractivity contribution >= 4 is 34.1 Å². The van der Waals surface area contributed by atoms with E-state index < -0.39 is 0 Å². The molecule has 7 heteroatoms. The number of hydrogen-bond donors (Lipinski definition) is 1. The maximum absolute atomic E-state index is 6.78. The van der Waals surface area contributed by atoms with Gasteiger partial charge in [-0.2, -0.15) is 0 Å². The lowest BCUT2D eigenvalue weighted by Crippen LogP contribution is -2.18. The number of pyridine rings is 1. The minimum Gasteiger partial charge on any atom is -0.473 e. The quantitative estimate of drug-likeness (QED) is 0.240. The molecule has 6 rings (SSSR count). The molecule has 0 bridgehead atoms. The Morgan fingerprint density at radius 1 is 1.08 bits per heavy atom. The number of halogens is 2. The SMILES string of the molecule is CC(C)c1ncn(C2CCCc3c(Cl)ccc(Cl)c32)c1-c1c[nH]c2cnc(OCc3ccccc3)cc12. The highest BCUT2D eigenvalue weighted by molar-refractivity contribution is 6.34. The molecule has 2 aromatic carbocycles. The molecule has 3 aromatic heterocycles. The van der Waals surface area contributed by atoms with E-state index in [1.165, 1.54) is 0 Å². The van der Waals surface area contributed by atoms with Crippen LogP contribution in [-0.2, 0) is 13.0 Å². The first kappa shape index (κ1) is 24.1. The number of fused-ring (bicyclic) bond motifs is 2. The van der Waals surface area contributed by atoms with Crippen LogP contribution in [0.4, 0.5) is 0 Å². The lowest BCUT2D eigenvalue weighted by atomic mass is 9.87. The summed E-state index contributed by atoms with van der Waals surface area (Å²) < 4.78 is 8.36. The van der Waals surface area contributed by atoms with Crippen molar-refractivity contribution in [3.8, 4) is 17.1 Å². The van der Waals surface area contributed by atoms with Gasteiger partial charge in [0.25, 0.3) is 0 Å². The Hall–Kier alpha value is -3.28. The zero-order chi connectivity index (χ0) is 25.5. The van der Waals surface area contributed by atoms with Gasteiger partial charge in [0.05, 0.1) is 35.5 Å². The van der Waals surface area contributed by atoms with E-state index in [1.54, 1.807) is 0 Å². The number of H-pyrrole nitrogens is 1. The first-order chi connectivity index (χ1) is 18.0. The minimum absolute atomic E-state index is 0.0607. The number of nitrogens with one attached hydrogen (secondary N) is 1. The highest BCUT2D eigenvalue weighted by Gasteiger charge is 2.30. The number of benzene rings is 2. The number of rotatable bonds is 6. The molecule has 1 atom stereocenters. The Bertz CT molecular complexity index is 1570. The van der Waals surface area contributed by atoms with Gasteiger partial charge in [-0.1, -0.05) is 67.4 Å². The molecule has 1 unspecified atom stereocenters. The van der Waals surface area contributed by atoms with E-state index in [2.05, 4.69) is 34.6 Å². The van der Waals surface area contributed by atoms with Crippen LogP contribution in [0, 0.1) is 0 Å². The van der Waals surface area contributed by atoms with Gasteiger partial charge in [-0.25, -0.2) is 9.97 Å². The summed E-state index contributed by atoms with van der Waals surface area (Å²) in [6.45, 7) is 4.83. The summed E-state index contributed by atoms with van der Waals surface area (Å²) >= 11 is 13.4. The Morgan fingerprint density at radius 3 is 2.70 bits per heavy atom. The molecular weight excluding hydrogens is 503 g/mol. The van der Waals surface area contributed by atoms with Gasteiger partial charge >= 0.3 is 0 Å². The van der Waals surface area contributed by atoms with Gasteiger partial charge in [-0.15, -0.1) is 0 Å². The smallest absolute Gasteiger partial charge is 0.214 e. The van der Waals surface area contributed by atoms with Crippen LogP contribution in [0.1, 0.15) is 61.0 Å². The molecule has 37 heavy (non-hydrogen) atoms. The summed E-state index contributed by atoms with van der Waals surface area (Å²) in [7, 11) is 0. The van der Waals surface area contributed by atoms with E-state index in [0.717, 1.165) is 73.9 Å². The van der Waals surface area contributed by atoms with E-state index >= 15 is 0 Å². The summed E-state index contributed by atoms with van der Waals surface area (Å²) in [5.41, 5.74) is 7.54. The molecule has 0 saturated heterocycles. The Balaban J connectivity index is 1.46. The van der Waals surface area contributed by atoms with E-state index in [4.69, 9.17) is 32.9 Å². The van der Waals surface area contributed by atoms with Crippen LogP contribution in [0.15, 0.2) is 67.3 Å². The van der Waals surface area contributed by atoms with E-state index in [1.807, 2.05) is 61.1 Å². The number of ether oxygens (including phenoxy) is 1. The standard InChI is InChI=1S/C30H28Cl2N4O/c1-18(2)29-30(36(17-35-29)26-10-6-9-20-23(31)11-12-24(32)28(20)26)22-14-33-25-15-34-27(13-21(22)25)37-16-19-7-4-3-5-8-19/h3-5,7-8,11-15,17-18,26,33H,6,9-10,16H2,1-2H3. The van der Waals surface area contributed by atoms with Gasteiger partial charge in [0.15, 0.2) is 0 Å². The third-order valence-corrected chi connectivity index (χ3v) is 7.90. The first-order valence-electron chi connectivity index (χ1n) is 12.7. The average Bonchev–Trinajstić information content (AvgIpc) is 3.54. The second-order valence-corrected chi connectivity index (χ2v) is 10.7. The van der Waals surface area contributed by atoms with Crippen LogP contribution in [-0.4, -0.2) is 19.5 Å². The van der Waals surface area contributed by atoms with Crippen molar-refractivity contribution in [3.05, 3.63) is 99.7 Å². The molecule has 1 aliphatic rings. The lowest BCUT2D eigenvalue weighted by molar-refractivity contribution is 0.294. The monoisotopic (exact) mass is 530 g/mol. The van der Waals surface area contributed by atoms with Crippen molar-refractivity contribution in [1.29, 1.82) is 0 Å². The predicted molar refractivity (Wildman–Crippen MR) is 150 cm³/mol. The maximum Gasteiger partial charge on any atom is 0.214 e. The molecule has 0 aliphatic heterocycles. The minimum atomic E-state index is 0.0607. The van der Waals surface area contributed by atoms with Gasteiger partial charge in [-0.05, 0) is 54.0 Å². The summed E-state index contributed by atoms with van der Waals surface area (Å²) in [6, 6.07) is 16.0. The van der Waals surface area contributed by atoms with Crippen molar-refractivity contribution in [2.75, 3.05) is 0 Å². The molecule has 0 fully saturated rings. The number of aromatic amines is 1. The van der Waals surface area contributed by atoms with Gasteiger partial charge < -0.3 is 14.3 Å². The molecule has 0 spiro atoms. The fourth-order valence-corrected chi connectivity index (χ4v) is 6.00. The Kier molecular flexibility index (Phi) is 6.43. The molecular formula is C30H28Cl2N4O. The fourth-order valence-electron chi connectivity index (χ4n) is 5.44. The summed E-state index contributed by atoms with van der Waals surface area (Å²) in [4.78, 5) is 12.8. The number of hydrogen-bond acceptors (Lipinski definition) is 3. The van der Waals surface area contributed by atoms with E-state index in [-0.39, 0.29) is 12.0 Å². The van der Waals surface area contributed by atoms with Crippen LogP contribution >= 0.6 is 23.2 Å². The fraction of sp³-hybridized carbons (Fsp3) is 0.267. The molecule has 188 valence electrons. The van der Waals surface area contributed by atoms with Gasteiger partial charge in [0.2, 0.25) is 5.88 Å². The molecule has 0 amide bonds. The van der Waals surface area contributed by atoms with Gasteiger partial charge in [0.1, 0.15) is 6.61 Å². The second-order valence-electron chi connectivity index (χ2n) is 9.91. The second kappa shape index (κ2) is 9.88. The third kappa shape index (κ3) is 4.41. The number of nitrogens with zero attached hydrogens (tertiary/aromatic N) is 3. The Morgan fingerprint density at radius 2 is 1.89 bits per heavy atom. The van der Waals surface area contributed by atoms with E-state index in [9.17, 15) is 0 Å². The zero-order valence-electron chi connectivity index (χ0n) is 20.8. The summed E-state index contributed by atoms with van der Waals surface area (Å²) in [5, 5.41) is 2.60. The van der Waals surface area contributed by atoms with Crippen molar-refractivity contribution in [2.24, 2.45) is 0 Å². The van der Waals surface area contributed by atoms with Crippen molar-refractivity contribution in [3.63, 3.8) is 0 Å². The largest absolute Gasteiger partial charge is 0.473 e. The van der Waals surface area contributed by atoms with Crippen LogP contribution in [0.2, 0.25) is 10.0 Å². The lowest BCUT2D eigenvalue weighted by Gasteiger charge is -2.30. The molecule has 5 aromatic rings. The van der Waals surface area contributed by atoms with Crippen LogP contribution in [0.5, 0.6) is 5.88 Å². The molecule has 0 radical (unpaired) electrons. The van der Waals surface area contributed by atoms with Gasteiger partial charge in [-0.3, -0.25) is 0 Å². The molecule has 3 heterocycles. The van der Waals surface area contributed by atoms with Crippen molar-refractivity contribution in [2.45, 2.75) is 51.7 Å². The normalized spacial score (nSPS) is 15.3. The van der Waals surface area contributed by atoms with Crippen LogP contribution in [0.3, 0.4) is 0 Å². The number of imidazole rings is 1. The molecule has 5 nitrogen and oxygen atoms in total. The van der Waals surface area contributed by atoms with Crippen LogP contribution in [0.25, 0.3) is 22.2 Å². The summed E-state index contributed by atoms with van der Waals surface area (Å²) in [6.07, 6.45) is 8.81. The predicted octanol–water partition coefficient (Wildman–Crippen LogP) is 8.36. The van der Waals surface area contributed by atoms with E-state index in [0.29, 0.717) is 12.5 Å². The average molecular weight is 531 g/mol. The molecule has 0 saturated carbocycles. The first-order valence-corrected chi connectivity index (χ1v) is 13.4. The third-order valence-electron chi connectivity index (χ3n) is 7.21. The molecule has 1 N–H and O–H groups in total. The topological polar surface area (TPSA) is 55.7 Å². The molecule has 1 aliphatic carbocycles. The summed E-state index contributed by atoms with van der Waals surface area (Å²) in [5.74, 6) is 0.835. The maximum atomic E-state index is 6.78. The zero-order valence-corrected chi connectivity index (χ0v) is 22.4. The van der Waals surface area contributed by atoms with Crippen LogP contribution < -0.4 is 4.74 Å². The number of aromatic nitrogens is 4. The van der Waals surface area contributed by atoms with Crippen molar-refractivity contribution in [1.82, 2.24) is 19.5 Å². The highest BCUT2D eigenvalue weighted by atomic mass is 35.5. The van der Waals surface area contributed by atoms with Gasteiger partial charge in [0, 0.05) is 33.3 Å². The van der Waals surface area contributed by atoms with Crippen molar-refractivity contribution < 1.29 is 4.74 Å². The Labute approximate surface area is 226 Å². The highest BCUT2D eigenvalue weighted by Crippen LogP contribution is 2.44.